The molecular weight excluding hydrogens is 374 g/mol. The van der Waals surface area contributed by atoms with E-state index in [2.05, 4.69) is 10.6 Å². The zero-order chi connectivity index (χ0) is 19.7. The van der Waals surface area contributed by atoms with Crippen molar-refractivity contribution >= 4 is 22.0 Å². The Morgan fingerprint density at radius 1 is 0.963 bits per heavy atom. The summed E-state index contributed by atoms with van der Waals surface area (Å²) in [7, 11) is -3.37. The third-order valence-corrected chi connectivity index (χ3v) is 6.47. The van der Waals surface area contributed by atoms with Gasteiger partial charge in [0.2, 0.25) is 15.9 Å². The van der Waals surface area contributed by atoms with Gasteiger partial charge in [0.05, 0.1) is 25.5 Å². The van der Waals surface area contributed by atoms with Gasteiger partial charge in [0, 0.05) is 52.4 Å². The van der Waals surface area contributed by atoms with Crippen LogP contribution in [-0.2, 0) is 19.6 Å². The van der Waals surface area contributed by atoms with Crippen molar-refractivity contribution in [1.29, 1.82) is 0 Å². The van der Waals surface area contributed by atoms with Crippen LogP contribution in [0.1, 0.15) is 13.3 Å². The molecule has 156 valence electrons. The molecule has 0 spiro atoms. The van der Waals surface area contributed by atoms with E-state index in [4.69, 9.17) is 4.74 Å². The van der Waals surface area contributed by atoms with Crippen LogP contribution < -0.4 is 10.6 Å². The maximum Gasteiger partial charge on any atom is 0.317 e. The van der Waals surface area contributed by atoms with Gasteiger partial charge in [-0.15, -0.1) is 0 Å². The van der Waals surface area contributed by atoms with Crippen LogP contribution in [0.3, 0.4) is 0 Å². The fraction of sp³-hybridized carbons (Fsp3) is 0.875. The molecule has 0 atom stereocenters. The molecule has 0 aromatic rings. The molecule has 2 aliphatic heterocycles. The lowest BCUT2D eigenvalue weighted by atomic mass is 10.3. The maximum absolute atomic E-state index is 12.2. The highest BCUT2D eigenvalue weighted by atomic mass is 32.2. The van der Waals surface area contributed by atoms with Gasteiger partial charge in [-0.05, 0) is 6.42 Å². The Bertz CT molecular complexity index is 586. The predicted molar refractivity (Wildman–Crippen MR) is 101 cm³/mol. The molecule has 0 saturated carbocycles. The minimum Gasteiger partial charge on any atom is -0.379 e. The van der Waals surface area contributed by atoms with E-state index in [1.807, 2.05) is 11.8 Å². The first-order chi connectivity index (χ1) is 12.9. The molecule has 0 unspecified atom stereocenters. The molecule has 2 heterocycles. The second-order valence-corrected chi connectivity index (χ2v) is 8.76. The lowest BCUT2D eigenvalue weighted by molar-refractivity contribution is -0.122. The first-order valence-corrected chi connectivity index (χ1v) is 11.1. The van der Waals surface area contributed by atoms with Crippen molar-refractivity contribution in [2.24, 2.45) is 0 Å². The van der Waals surface area contributed by atoms with Crippen LogP contribution in [-0.4, -0.2) is 112 Å². The van der Waals surface area contributed by atoms with Crippen LogP contribution in [0, 0.1) is 0 Å². The summed E-state index contributed by atoms with van der Waals surface area (Å²) in [5.74, 6) is -0.112. The lowest BCUT2D eigenvalue weighted by Gasteiger charge is -2.34. The van der Waals surface area contributed by atoms with Crippen molar-refractivity contribution in [2.45, 2.75) is 13.3 Å². The van der Waals surface area contributed by atoms with Crippen molar-refractivity contribution in [3.63, 3.8) is 0 Å². The molecule has 3 amide bonds. The van der Waals surface area contributed by atoms with Gasteiger partial charge < -0.3 is 20.3 Å². The Hall–Kier alpha value is -1.43. The number of urea groups is 1. The second-order valence-electron chi connectivity index (χ2n) is 6.67. The van der Waals surface area contributed by atoms with E-state index < -0.39 is 10.0 Å². The van der Waals surface area contributed by atoms with Crippen molar-refractivity contribution in [3.8, 4) is 0 Å². The number of piperazine rings is 1. The summed E-state index contributed by atoms with van der Waals surface area (Å²) in [6, 6.07) is -0.262. The summed E-state index contributed by atoms with van der Waals surface area (Å²) in [6.45, 7) is 6.93. The van der Waals surface area contributed by atoms with E-state index in [1.165, 1.54) is 4.31 Å². The van der Waals surface area contributed by atoms with E-state index in [0.717, 1.165) is 6.42 Å². The number of hydrogen-bond donors (Lipinski definition) is 2. The number of hydrogen-bond acceptors (Lipinski definition) is 6. The fourth-order valence-corrected chi connectivity index (χ4v) is 4.31. The van der Waals surface area contributed by atoms with Gasteiger partial charge in [0.15, 0.2) is 0 Å². The normalized spacial score (nSPS) is 19.7. The largest absolute Gasteiger partial charge is 0.379 e. The van der Waals surface area contributed by atoms with Crippen LogP contribution >= 0.6 is 0 Å². The van der Waals surface area contributed by atoms with E-state index in [1.54, 1.807) is 4.90 Å². The molecule has 2 N–H and O–H groups in total. The summed E-state index contributed by atoms with van der Waals surface area (Å²) in [6.07, 6.45) is 0.904. The van der Waals surface area contributed by atoms with Crippen LogP contribution in [0.4, 0.5) is 4.79 Å². The van der Waals surface area contributed by atoms with Crippen molar-refractivity contribution in [2.75, 3.05) is 77.9 Å². The average Bonchev–Trinajstić information content (AvgIpc) is 2.67. The third kappa shape index (κ3) is 7.24. The van der Waals surface area contributed by atoms with Gasteiger partial charge in [-0.3, -0.25) is 9.69 Å². The fourth-order valence-electron chi connectivity index (χ4n) is 2.99. The zero-order valence-electron chi connectivity index (χ0n) is 16.0. The number of carbonyl (C=O) groups is 2. The van der Waals surface area contributed by atoms with Crippen molar-refractivity contribution in [3.05, 3.63) is 0 Å². The first kappa shape index (κ1) is 21.9. The van der Waals surface area contributed by atoms with Gasteiger partial charge in [-0.2, -0.15) is 4.31 Å². The number of ether oxygens (including phenoxy) is 1. The van der Waals surface area contributed by atoms with Gasteiger partial charge in [0.1, 0.15) is 0 Å². The van der Waals surface area contributed by atoms with Crippen LogP contribution in [0.2, 0.25) is 0 Å². The Kier molecular flexibility index (Phi) is 8.74. The minimum absolute atomic E-state index is 0.00284. The van der Waals surface area contributed by atoms with Gasteiger partial charge >= 0.3 is 6.03 Å². The topological polar surface area (TPSA) is 111 Å². The maximum atomic E-state index is 12.2. The molecule has 27 heavy (non-hydrogen) atoms. The number of carbonyl (C=O) groups excluding carboxylic acids is 2. The van der Waals surface area contributed by atoms with E-state index in [-0.39, 0.29) is 24.2 Å². The molecule has 0 aromatic carbocycles. The Labute approximate surface area is 161 Å². The summed E-state index contributed by atoms with van der Waals surface area (Å²) < 4.78 is 31.0. The van der Waals surface area contributed by atoms with E-state index in [0.29, 0.717) is 65.6 Å². The number of amides is 3. The third-order valence-electron chi connectivity index (χ3n) is 4.60. The summed E-state index contributed by atoms with van der Waals surface area (Å²) in [5, 5.41) is 5.52. The monoisotopic (exact) mass is 405 g/mol. The summed E-state index contributed by atoms with van der Waals surface area (Å²) in [4.78, 5) is 27.6. The number of sulfonamides is 1. The van der Waals surface area contributed by atoms with E-state index >= 15 is 0 Å². The molecular formula is C16H31N5O5S. The van der Waals surface area contributed by atoms with Crippen LogP contribution in [0.15, 0.2) is 0 Å². The summed E-state index contributed by atoms with van der Waals surface area (Å²) in [5.41, 5.74) is 0. The number of morpholine rings is 1. The molecule has 11 heteroatoms. The van der Waals surface area contributed by atoms with Gasteiger partial charge in [0.25, 0.3) is 0 Å². The number of nitrogens with one attached hydrogen (secondary N) is 2. The Morgan fingerprint density at radius 2 is 1.63 bits per heavy atom. The summed E-state index contributed by atoms with van der Waals surface area (Å²) >= 11 is 0. The van der Waals surface area contributed by atoms with Crippen LogP contribution in [0.5, 0.6) is 0 Å². The molecule has 0 aromatic heterocycles. The van der Waals surface area contributed by atoms with Crippen molar-refractivity contribution < 1.29 is 22.7 Å². The minimum atomic E-state index is -3.37. The Balaban J connectivity index is 1.65. The standard InChI is InChI=1S/C16H31N5O5S/c1-2-3-17-15(22)14-19-5-7-20(8-6-19)16(23)18-4-13-27(24,25)21-9-11-26-12-10-21/h2-14H2,1H3,(H,17,22)(H,18,23). The molecule has 0 bridgehead atoms. The quantitative estimate of drug-likeness (QED) is 0.509. The number of nitrogens with zero attached hydrogens (tertiary/aromatic N) is 3. The molecule has 0 aliphatic carbocycles. The predicted octanol–water partition coefficient (Wildman–Crippen LogP) is -1.50. The smallest absolute Gasteiger partial charge is 0.317 e. The van der Waals surface area contributed by atoms with Crippen molar-refractivity contribution in [1.82, 2.24) is 24.7 Å². The number of rotatable bonds is 8. The molecule has 2 aliphatic rings. The highest BCUT2D eigenvalue weighted by Crippen LogP contribution is 2.05. The molecule has 2 saturated heterocycles. The van der Waals surface area contributed by atoms with E-state index in [9.17, 15) is 18.0 Å². The molecule has 2 fully saturated rings. The highest BCUT2D eigenvalue weighted by Gasteiger charge is 2.25. The second kappa shape index (κ2) is 10.8. The molecule has 10 nitrogen and oxygen atoms in total. The average molecular weight is 406 g/mol. The lowest BCUT2D eigenvalue weighted by Crippen LogP contribution is -2.54. The van der Waals surface area contributed by atoms with Crippen LogP contribution in [0.25, 0.3) is 0 Å². The van der Waals surface area contributed by atoms with Gasteiger partial charge in [-0.25, -0.2) is 13.2 Å². The first-order valence-electron chi connectivity index (χ1n) is 9.50. The Morgan fingerprint density at radius 3 is 2.26 bits per heavy atom. The molecule has 0 radical (unpaired) electrons. The highest BCUT2D eigenvalue weighted by molar-refractivity contribution is 7.89. The zero-order valence-corrected chi connectivity index (χ0v) is 16.8. The molecule has 2 rings (SSSR count). The van der Waals surface area contributed by atoms with Gasteiger partial charge in [-0.1, -0.05) is 6.92 Å². The SMILES string of the molecule is CCCNC(=O)CN1CCN(C(=O)NCCS(=O)(=O)N2CCOCC2)CC1.